The Morgan fingerprint density at radius 2 is 1.53 bits per heavy atom. The Labute approximate surface area is 221 Å². The van der Waals surface area contributed by atoms with Crippen LogP contribution in [0.3, 0.4) is 0 Å². The first-order valence-corrected chi connectivity index (χ1v) is 12.8. The van der Waals surface area contributed by atoms with E-state index in [1.807, 2.05) is 0 Å². The number of sulfonamides is 1. The average molecular weight is 562 g/mol. The standard InChI is InChI=1S/C26H19ClF3N3O4S/c1-36-20-9-5-6-10-21(20)37-22-23(27)31-24(18-11-13-19(14-12-18)26(28,29)30)32-25(22)33-38(34,35)16-15-17-7-3-2-4-8-17/h2-16H,1H3,(H,31,32,33). The topological polar surface area (TPSA) is 90.4 Å². The van der Waals surface area contributed by atoms with Gasteiger partial charge in [-0.2, -0.15) is 13.2 Å². The Hall–Kier alpha value is -4.09. The highest BCUT2D eigenvalue weighted by molar-refractivity contribution is 7.95. The van der Waals surface area contributed by atoms with Gasteiger partial charge in [-0.15, -0.1) is 0 Å². The van der Waals surface area contributed by atoms with Crippen molar-refractivity contribution in [3.63, 3.8) is 0 Å². The van der Waals surface area contributed by atoms with Gasteiger partial charge in [0.05, 0.1) is 18.1 Å². The van der Waals surface area contributed by atoms with Crippen LogP contribution in [0, 0.1) is 0 Å². The molecule has 0 aliphatic rings. The summed E-state index contributed by atoms with van der Waals surface area (Å²) in [6.45, 7) is 0. The molecule has 0 saturated carbocycles. The van der Waals surface area contributed by atoms with Crippen molar-refractivity contribution in [3.05, 3.63) is 101 Å². The maximum absolute atomic E-state index is 13.0. The van der Waals surface area contributed by atoms with Gasteiger partial charge in [0.15, 0.2) is 28.3 Å². The summed E-state index contributed by atoms with van der Waals surface area (Å²) in [7, 11) is -2.72. The lowest BCUT2D eigenvalue weighted by Crippen LogP contribution is -2.12. The van der Waals surface area contributed by atoms with Crippen molar-refractivity contribution in [1.82, 2.24) is 9.97 Å². The Bertz CT molecular complexity index is 1560. The summed E-state index contributed by atoms with van der Waals surface area (Å²) in [6.07, 6.45) is -3.15. The Morgan fingerprint density at radius 3 is 2.16 bits per heavy atom. The highest BCUT2D eigenvalue weighted by atomic mass is 35.5. The van der Waals surface area contributed by atoms with Crippen LogP contribution in [-0.2, 0) is 16.2 Å². The second kappa shape index (κ2) is 11.1. The zero-order valence-electron chi connectivity index (χ0n) is 19.6. The van der Waals surface area contributed by atoms with Crippen LogP contribution in [-0.4, -0.2) is 25.5 Å². The van der Waals surface area contributed by atoms with Gasteiger partial charge in [-0.25, -0.2) is 18.4 Å². The largest absolute Gasteiger partial charge is 0.493 e. The molecule has 0 unspecified atom stereocenters. The third kappa shape index (κ3) is 6.61. The van der Waals surface area contributed by atoms with Gasteiger partial charge >= 0.3 is 6.18 Å². The molecule has 38 heavy (non-hydrogen) atoms. The Balaban J connectivity index is 1.76. The van der Waals surface area contributed by atoms with Gasteiger partial charge in [0.1, 0.15) is 0 Å². The number of aromatic nitrogens is 2. The van der Waals surface area contributed by atoms with E-state index in [0.29, 0.717) is 11.3 Å². The summed E-state index contributed by atoms with van der Waals surface area (Å²) in [5.74, 6) is -0.163. The van der Waals surface area contributed by atoms with Crippen LogP contribution in [0.1, 0.15) is 11.1 Å². The van der Waals surface area contributed by atoms with E-state index in [4.69, 9.17) is 21.1 Å². The number of methoxy groups -OCH3 is 1. The summed E-state index contributed by atoms with van der Waals surface area (Å²) >= 11 is 6.39. The van der Waals surface area contributed by atoms with Crippen LogP contribution in [0.4, 0.5) is 19.0 Å². The SMILES string of the molecule is COc1ccccc1Oc1c(Cl)nc(-c2ccc(C(F)(F)F)cc2)nc1NS(=O)(=O)C=Cc1ccccc1. The number of nitrogens with zero attached hydrogens (tertiary/aromatic N) is 2. The molecular weight excluding hydrogens is 543 g/mol. The highest BCUT2D eigenvalue weighted by Crippen LogP contribution is 2.40. The zero-order valence-corrected chi connectivity index (χ0v) is 21.2. The van der Waals surface area contributed by atoms with Gasteiger partial charge in [0.2, 0.25) is 5.75 Å². The molecule has 4 rings (SSSR count). The molecule has 1 N–H and O–H groups in total. The second-order valence-corrected chi connectivity index (χ2v) is 9.63. The predicted molar refractivity (Wildman–Crippen MR) is 139 cm³/mol. The third-order valence-corrected chi connectivity index (χ3v) is 6.28. The lowest BCUT2D eigenvalue weighted by atomic mass is 10.1. The first-order chi connectivity index (χ1) is 18.1. The van der Waals surface area contributed by atoms with Crippen molar-refractivity contribution in [3.8, 4) is 28.6 Å². The van der Waals surface area contributed by atoms with Crippen LogP contribution in [0.2, 0.25) is 5.15 Å². The molecule has 1 aromatic heterocycles. The quantitative estimate of drug-likeness (QED) is 0.232. The lowest BCUT2D eigenvalue weighted by molar-refractivity contribution is -0.137. The van der Waals surface area contributed by atoms with Crippen molar-refractivity contribution in [2.24, 2.45) is 0 Å². The molecule has 0 aliphatic carbocycles. The first-order valence-electron chi connectivity index (χ1n) is 10.9. The number of ether oxygens (including phenoxy) is 2. The lowest BCUT2D eigenvalue weighted by Gasteiger charge is -2.15. The second-order valence-electron chi connectivity index (χ2n) is 7.70. The molecule has 196 valence electrons. The zero-order chi connectivity index (χ0) is 27.3. The fraction of sp³-hybridized carbons (Fsp3) is 0.0769. The number of halogens is 4. The fourth-order valence-electron chi connectivity index (χ4n) is 3.23. The van der Waals surface area contributed by atoms with E-state index in [1.165, 1.54) is 13.2 Å². The molecule has 4 aromatic rings. The van der Waals surface area contributed by atoms with Crippen LogP contribution in [0.15, 0.2) is 84.3 Å². The molecule has 1 heterocycles. The van der Waals surface area contributed by atoms with E-state index >= 15 is 0 Å². The number of alkyl halides is 3. The highest BCUT2D eigenvalue weighted by Gasteiger charge is 2.30. The Kier molecular flexibility index (Phi) is 7.88. The van der Waals surface area contributed by atoms with Gasteiger partial charge in [-0.1, -0.05) is 66.2 Å². The minimum absolute atomic E-state index is 0.124. The maximum atomic E-state index is 13.0. The Morgan fingerprint density at radius 1 is 0.895 bits per heavy atom. The van der Waals surface area contributed by atoms with E-state index in [2.05, 4.69) is 14.7 Å². The van der Waals surface area contributed by atoms with E-state index in [1.54, 1.807) is 54.6 Å². The summed E-state index contributed by atoms with van der Waals surface area (Å²) in [5, 5.41) is 0.647. The molecule has 0 radical (unpaired) electrons. The van der Waals surface area contributed by atoms with Crippen molar-refractivity contribution < 1.29 is 31.1 Å². The molecule has 0 bridgehead atoms. The predicted octanol–water partition coefficient (Wildman–Crippen LogP) is 7.03. The van der Waals surface area contributed by atoms with Gasteiger partial charge in [-0.3, -0.25) is 4.72 Å². The molecule has 0 saturated heterocycles. The van der Waals surface area contributed by atoms with Gasteiger partial charge < -0.3 is 9.47 Å². The van der Waals surface area contributed by atoms with Crippen molar-refractivity contribution in [2.75, 3.05) is 11.8 Å². The molecule has 3 aromatic carbocycles. The summed E-state index contributed by atoms with van der Waals surface area (Å²) in [5.41, 5.74) is -0.0611. The number of benzene rings is 3. The smallest absolute Gasteiger partial charge is 0.416 e. The molecule has 0 spiro atoms. The maximum Gasteiger partial charge on any atom is 0.416 e. The number of hydrogen-bond acceptors (Lipinski definition) is 6. The average Bonchev–Trinajstić information content (AvgIpc) is 2.89. The summed E-state index contributed by atoms with van der Waals surface area (Å²) < 4.78 is 78.2. The van der Waals surface area contributed by atoms with Crippen molar-refractivity contribution >= 4 is 33.5 Å². The molecular formula is C26H19ClF3N3O4S. The minimum atomic E-state index is -4.53. The van der Waals surface area contributed by atoms with Gasteiger partial charge in [0, 0.05) is 5.56 Å². The molecule has 0 atom stereocenters. The summed E-state index contributed by atoms with van der Waals surface area (Å²) in [6, 6.07) is 19.3. The van der Waals surface area contributed by atoms with Crippen molar-refractivity contribution in [2.45, 2.75) is 6.18 Å². The molecule has 7 nitrogen and oxygen atoms in total. The number of nitrogens with one attached hydrogen (secondary N) is 1. The molecule has 0 aliphatic heterocycles. The van der Waals surface area contributed by atoms with Crippen LogP contribution in [0.25, 0.3) is 17.5 Å². The van der Waals surface area contributed by atoms with E-state index in [-0.39, 0.29) is 33.9 Å². The van der Waals surface area contributed by atoms with Crippen LogP contribution in [0.5, 0.6) is 17.2 Å². The number of hydrogen-bond donors (Lipinski definition) is 1. The van der Waals surface area contributed by atoms with Crippen molar-refractivity contribution in [1.29, 1.82) is 0 Å². The first kappa shape index (κ1) is 27.0. The van der Waals surface area contributed by atoms with Gasteiger partial charge in [0.25, 0.3) is 10.0 Å². The third-order valence-electron chi connectivity index (χ3n) is 5.05. The van der Waals surface area contributed by atoms with Gasteiger partial charge in [-0.05, 0) is 35.9 Å². The van der Waals surface area contributed by atoms with Crippen LogP contribution >= 0.6 is 11.6 Å². The normalized spacial score (nSPS) is 11.9. The number of para-hydroxylation sites is 2. The molecule has 12 heteroatoms. The van der Waals surface area contributed by atoms with E-state index in [0.717, 1.165) is 29.7 Å². The van der Waals surface area contributed by atoms with E-state index < -0.39 is 21.8 Å². The fourth-order valence-corrected chi connectivity index (χ4v) is 4.25. The summed E-state index contributed by atoms with van der Waals surface area (Å²) in [4.78, 5) is 8.35. The molecule has 0 fully saturated rings. The minimum Gasteiger partial charge on any atom is -0.493 e. The monoisotopic (exact) mass is 561 g/mol. The van der Waals surface area contributed by atoms with Crippen LogP contribution < -0.4 is 14.2 Å². The number of rotatable bonds is 8. The number of anilines is 1. The van der Waals surface area contributed by atoms with E-state index in [9.17, 15) is 21.6 Å². The molecule has 0 amide bonds.